The molecule has 2 aromatic rings. The number of benzene rings is 1. The van der Waals surface area contributed by atoms with Crippen molar-refractivity contribution in [2.75, 3.05) is 6.26 Å². The minimum Gasteiger partial charge on any atom is -0.476 e. The van der Waals surface area contributed by atoms with Gasteiger partial charge in [-0.25, -0.2) is 13.2 Å². The van der Waals surface area contributed by atoms with Gasteiger partial charge in [-0.2, -0.15) is 0 Å². The first kappa shape index (κ1) is 17.8. The van der Waals surface area contributed by atoms with E-state index in [1.165, 1.54) is 6.07 Å². The maximum Gasteiger partial charge on any atom is 0.358 e. The molecule has 1 aliphatic carbocycles. The van der Waals surface area contributed by atoms with Crippen LogP contribution in [0.5, 0.6) is 0 Å². The lowest BCUT2D eigenvalue weighted by molar-refractivity contribution is 0.0682. The molecule has 0 amide bonds. The quantitative estimate of drug-likeness (QED) is 0.704. The first-order chi connectivity index (χ1) is 11.7. The van der Waals surface area contributed by atoms with Crippen molar-refractivity contribution in [1.82, 2.24) is 5.16 Å². The van der Waals surface area contributed by atoms with Crippen LogP contribution in [0.1, 0.15) is 56.5 Å². The molecule has 9 heteroatoms. The Kier molecular flexibility index (Phi) is 4.54. The average Bonchev–Trinajstić information content (AvgIpc) is 3.23. The van der Waals surface area contributed by atoms with Crippen LogP contribution >= 0.6 is 15.9 Å². The molecule has 0 bridgehead atoms. The van der Waals surface area contributed by atoms with Crippen LogP contribution < -0.4 is 0 Å². The van der Waals surface area contributed by atoms with Crippen molar-refractivity contribution in [3.05, 3.63) is 50.8 Å². The fourth-order valence-corrected chi connectivity index (χ4v) is 3.83. The summed E-state index contributed by atoms with van der Waals surface area (Å²) >= 11 is 3.26. The topological polar surface area (TPSA) is 115 Å². The Labute approximate surface area is 152 Å². The number of aromatic nitrogens is 1. The summed E-state index contributed by atoms with van der Waals surface area (Å²) in [5.41, 5.74) is -0.116. The molecule has 0 radical (unpaired) electrons. The SMILES string of the molecule is CS(=O)(=O)Cc1cc(Br)ccc1C(=O)c1c(C(=O)O)noc1C1CC1. The predicted molar refractivity (Wildman–Crippen MR) is 91.6 cm³/mol. The molecule has 132 valence electrons. The number of carboxylic acids is 1. The third-order valence-corrected chi connectivity index (χ3v) is 5.15. The van der Waals surface area contributed by atoms with Crippen LogP contribution in [-0.2, 0) is 15.6 Å². The van der Waals surface area contributed by atoms with Gasteiger partial charge in [0.2, 0.25) is 5.69 Å². The Morgan fingerprint density at radius 2 is 2.04 bits per heavy atom. The van der Waals surface area contributed by atoms with Crippen LogP contribution in [0.3, 0.4) is 0 Å². The van der Waals surface area contributed by atoms with Crippen molar-refractivity contribution in [2.45, 2.75) is 24.5 Å². The highest BCUT2D eigenvalue weighted by Crippen LogP contribution is 2.43. The maximum absolute atomic E-state index is 13.0. The lowest BCUT2D eigenvalue weighted by Crippen LogP contribution is -2.14. The summed E-state index contributed by atoms with van der Waals surface area (Å²) in [6.45, 7) is 0. The third kappa shape index (κ3) is 3.82. The van der Waals surface area contributed by atoms with Gasteiger partial charge in [0.1, 0.15) is 5.56 Å². The van der Waals surface area contributed by atoms with Crippen LogP contribution in [0.25, 0.3) is 0 Å². The molecule has 25 heavy (non-hydrogen) atoms. The molecule has 1 heterocycles. The van der Waals surface area contributed by atoms with E-state index in [9.17, 15) is 23.1 Å². The lowest BCUT2D eigenvalue weighted by Gasteiger charge is -2.09. The Morgan fingerprint density at radius 1 is 1.36 bits per heavy atom. The van der Waals surface area contributed by atoms with Crippen LogP contribution in [0.15, 0.2) is 27.2 Å². The largest absolute Gasteiger partial charge is 0.476 e. The molecular formula is C16H14BrNO6S. The summed E-state index contributed by atoms with van der Waals surface area (Å²) in [4.78, 5) is 24.4. The van der Waals surface area contributed by atoms with Crippen LogP contribution in [0.2, 0.25) is 0 Å². The van der Waals surface area contributed by atoms with Crippen molar-refractivity contribution in [3.8, 4) is 0 Å². The molecule has 0 saturated heterocycles. The van der Waals surface area contributed by atoms with Gasteiger partial charge in [0, 0.05) is 22.2 Å². The molecule has 1 aromatic heterocycles. The Morgan fingerprint density at radius 3 is 2.60 bits per heavy atom. The number of hydrogen-bond donors (Lipinski definition) is 1. The molecule has 1 aromatic carbocycles. The van der Waals surface area contributed by atoms with E-state index in [2.05, 4.69) is 21.1 Å². The van der Waals surface area contributed by atoms with E-state index in [1.54, 1.807) is 12.1 Å². The fraction of sp³-hybridized carbons (Fsp3) is 0.312. The number of nitrogens with zero attached hydrogens (tertiary/aromatic N) is 1. The normalized spacial score (nSPS) is 14.5. The summed E-state index contributed by atoms with van der Waals surface area (Å²) in [6.07, 6.45) is 2.66. The summed E-state index contributed by atoms with van der Waals surface area (Å²) in [7, 11) is -3.39. The average molecular weight is 428 g/mol. The van der Waals surface area contributed by atoms with E-state index < -0.39 is 27.3 Å². The van der Waals surface area contributed by atoms with Crippen LogP contribution in [0.4, 0.5) is 0 Å². The van der Waals surface area contributed by atoms with E-state index in [0.29, 0.717) is 10.0 Å². The molecular weight excluding hydrogens is 414 g/mol. The monoisotopic (exact) mass is 427 g/mol. The number of carboxylic acid groups (broad SMARTS) is 1. The van der Waals surface area contributed by atoms with Gasteiger partial charge in [-0.1, -0.05) is 21.1 Å². The van der Waals surface area contributed by atoms with Gasteiger partial charge in [0.05, 0.1) is 5.75 Å². The second-order valence-electron chi connectivity index (χ2n) is 6.05. The highest BCUT2D eigenvalue weighted by molar-refractivity contribution is 9.10. The molecule has 1 aliphatic rings. The molecule has 1 saturated carbocycles. The second-order valence-corrected chi connectivity index (χ2v) is 9.11. The Hall–Kier alpha value is -2.00. The molecule has 3 rings (SSSR count). The number of aromatic carboxylic acids is 1. The van der Waals surface area contributed by atoms with Gasteiger partial charge >= 0.3 is 5.97 Å². The van der Waals surface area contributed by atoms with Crippen LogP contribution in [0, 0.1) is 0 Å². The molecule has 0 unspecified atom stereocenters. The first-order valence-corrected chi connectivity index (χ1v) is 10.3. The summed E-state index contributed by atoms with van der Waals surface area (Å²) in [5, 5.41) is 12.8. The predicted octanol–water partition coefficient (Wildman–Crippen LogP) is 2.79. The van der Waals surface area contributed by atoms with Gasteiger partial charge in [0.15, 0.2) is 21.4 Å². The van der Waals surface area contributed by atoms with Crippen LogP contribution in [-0.4, -0.2) is 36.7 Å². The van der Waals surface area contributed by atoms with Gasteiger partial charge < -0.3 is 9.63 Å². The minimum absolute atomic E-state index is 0.0200. The standard InChI is InChI=1S/C16H14BrNO6S/c1-25(22,23)7-9-6-10(17)4-5-11(9)14(19)12-13(16(20)21)18-24-15(12)8-2-3-8/h4-6,8H,2-3,7H2,1H3,(H,20,21). The summed E-state index contributed by atoms with van der Waals surface area (Å²) in [5.74, 6) is -2.04. The molecule has 1 fully saturated rings. The highest BCUT2D eigenvalue weighted by Gasteiger charge is 2.37. The number of hydrogen-bond acceptors (Lipinski definition) is 6. The van der Waals surface area contributed by atoms with E-state index in [-0.39, 0.29) is 28.6 Å². The number of ketones is 1. The number of sulfone groups is 1. The third-order valence-electron chi connectivity index (χ3n) is 3.83. The van der Waals surface area contributed by atoms with Crippen molar-refractivity contribution >= 4 is 37.5 Å². The Bertz CT molecular complexity index is 975. The number of halogens is 1. The van der Waals surface area contributed by atoms with E-state index in [0.717, 1.165) is 19.1 Å². The zero-order valence-corrected chi connectivity index (χ0v) is 15.6. The lowest BCUT2D eigenvalue weighted by atomic mass is 9.96. The van der Waals surface area contributed by atoms with E-state index >= 15 is 0 Å². The highest BCUT2D eigenvalue weighted by atomic mass is 79.9. The van der Waals surface area contributed by atoms with Gasteiger partial charge in [-0.05, 0) is 36.6 Å². The smallest absolute Gasteiger partial charge is 0.358 e. The number of carbonyl (C=O) groups excluding carboxylic acids is 1. The second kappa shape index (κ2) is 6.38. The molecule has 1 N–H and O–H groups in total. The zero-order valence-electron chi connectivity index (χ0n) is 13.2. The van der Waals surface area contributed by atoms with Crippen molar-refractivity contribution in [1.29, 1.82) is 0 Å². The fourth-order valence-electron chi connectivity index (χ4n) is 2.61. The van der Waals surface area contributed by atoms with Gasteiger partial charge in [-0.15, -0.1) is 0 Å². The Balaban J connectivity index is 2.13. The summed E-state index contributed by atoms with van der Waals surface area (Å²) in [6, 6.07) is 4.62. The molecule has 0 atom stereocenters. The van der Waals surface area contributed by atoms with Crippen molar-refractivity contribution in [2.24, 2.45) is 0 Å². The maximum atomic E-state index is 13.0. The first-order valence-electron chi connectivity index (χ1n) is 7.41. The van der Waals surface area contributed by atoms with E-state index in [1.807, 2.05) is 0 Å². The zero-order chi connectivity index (χ0) is 18.4. The molecule has 0 spiro atoms. The van der Waals surface area contributed by atoms with E-state index in [4.69, 9.17) is 4.52 Å². The van der Waals surface area contributed by atoms with Gasteiger partial charge in [-0.3, -0.25) is 4.79 Å². The number of carbonyl (C=O) groups is 2. The van der Waals surface area contributed by atoms with Crippen molar-refractivity contribution in [3.63, 3.8) is 0 Å². The molecule has 7 nitrogen and oxygen atoms in total. The summed E-state index contributed by atoms with van der Waals surface area (Å²) < 4.78 is 29.1. The number of rotatable bonds is 6. The molecule has 0 aliphatic heterocycles. The minimum atomic E-state index is -3.39. The van der Waals surface area contributed by atoms with Crippen molar-refractivity contribution < 1.29 is 27.6 Å². The van der Waals surface area contributed by atoms with Gasteiger partial charge in [0.25, 0.3) is 0 Å².